The molecule has 29 heavy (non-hydrogen) atoms. The standard InChI is InChI=1S/C19H18ClN7O2/c20-15-8-7-14(11-16(15)21)27-17(23-24-25-27)18(28)22-13-5-3-12(4-6-13)19(29)26-9-1-2-10-26/h3-8,11H,1-2,9-10,21H2,(H,22,28). The van der Waals surface area contributed by atoms with Gasteiger partial charge in [0.25, 0.3) is 11.8 Å². The maximum Gasteiger partial charge on any atom is 0.295 e. The molecular formula is C19H18ClN7O2. The maximum absolute atomic E-state index is 12.6. The lowest BCUT2D eigenvalue weighted by molar-refractivity contribution is 0.0792. The first-order valence-electron chi connectivity index (χ1n) is 9.07. The summed E-state index contributed by atoms with van der Waals surface area (Å²) in [5, 5.41) is 14.3. The predicted molar refractivity (Wildman–Crippen MR) is 108 cm³/mol. The lowest BCUT2D eigenvalue weighted by Crippen LogP contribution is -2.27. The molecule has 1 saturated heterocycles. The number of carbonyl (C=O) groups excluding carboxylic acids is 2. The number of benzene rings is 2. The van der Waals surface area contributed by atoms with Crippen molar-refractivity contribution < 1.29 is 9.59 Å². The Bertz CT molecular complexity index is 1060. The Morgan fingerprint density at radius 3 is 2.48 bits per heavy atom. The van der Waals surface area contributed by atoms with Crippen molar-refractivity contribution in [1.29, 1.82) is 0 Å². The number of carbonyl (C=O) groups is 2. The van der Waals surface area contributed by atoms with E-state index < -0.39 is 5.91 Å². The third-order valence-corrected chi connectivity index (χ3v) is 5.02. The van der Waals surface area contributed by atoms with E-state index in [0.29, 0.717) is 27.6 Å². The van der Waals surface area contributed by atoms with Gasteiger partial charge in [0.1, 0.15) is 0 Å². The van der Waals surface area contributed by atoms with E-state index in [1.807, 2.05) is 4.90 Å². The number of nitrogen functional groups attached to an aromatic ring is 1. The highest BCUT2D eigenvalue weighted by atomic mass is 35.5. The summed E-state index contributed by atoms with van der Waals surface area (Å²) in [6, 6.07) is 11.6. The van der Waals surface area contributed by atoms with Crippen molar-refractivity contribution >= 4 is 34.8 Å². The van der Waals surface area contributed by atoms with Crippen molar-refractivity contribution in [2.24, 2.45) is 0 Å². The van der Waals surface area contributed by atoms with Crippen LogP contribution in [0, 0.1) is 0 Å². The van der Waals surface area contributed by atoms with E-state index in [1.54, 1.807) is 42.5 Å². The minimum absolute atomic E-state index is 0.00430. The summed E-state index contributed by atoms with van der Waals surface area (Å²) in [5.74, 6) is -0.504. The summed E-state index contributed by atoms with van der Waals surface area (Å²) in [5.41, 5.74) is 7.79. The number of amides is 2. The summed E-state index contributed by atoms with van der Waals surface area (Å²) in [7, 11) is 0. The average molecular weight is 412 g/mol. The number of rotatable bonds is 4. The Hall–Kier alpha value is -3.46. The Morgan fingerprint density at radius 2 is 1.79 bits per heavy atom. The van der Waals surface area contributed by atoms with Gasteiger partial charge in [-0.05, 0) is 65.7 Å². The van der Waals surface area contributed by atoms with Crippen LogP contribution >= 0.6 is 11.6 Å². The summed E-state index contributed by atoms with van der Waals surface area (Å²) >= 11 is 5.94. The van der Waals surface area contributed by atoms with Crippen molar-refractivity contribution in [3.8, 4) is 5.69 Å². The molecule has 3 N–H and O–H groups in total. The van der Waals surface area contributed by atoms with E-state index in [0.717, 1.165) is 25.9 Å². The van der Waals surface area contributed by atoms with Gasteiger partial charge >= 0.3 is 0 Å². The molecule has 9 nitrogen and oxygen atoms in total. The van der Waals surface area contributed by atoms with Crippen LogP contribution in [-0.2, 0) is 0 Å². The van der Waals surface area contributed by atoms with E-state index in [9.17, 15) is 9.59 Å². The van der Waals surface area contributed by atoms with Crippen molar-refractivity contribution in [3.63, 3.8) is 0 Å². The first-order valence-corrected chi connectivity index (χ1v) is 9.45. The first kappa shape index (κ1) is 18.9. The molecule has 2 aromatic carbocycles. The summed E-state index contributed by atoms with van der Waals surface area (Å²) < 4.78 is 1.27. The number of aromatic nitrogens is 4. The van der Waals surface area contributed by atoms with Crippen LogP contribution in [0.3, 0.4) is 0 Å². The lowest BCUT2D eigenvalue weighted by Gasteiger charge is -2.15. The molecule has 2 heterocycles. The molecule has 0 aliphatic carbocycles. The smallest absolute Gasteiger partial charge is 0.295 e. The fourth-order valence-electron chi connectivity index (χ4n) is 3.15. The molecule has 10 heteroatoms. The number of anilines is 2. The van der Waals surface area contributed by atoms with Gasteiger partial charge in [-0.2, -0.15) is 4.68 Å². The number of nitrogens with zero attached hydrogens (tertiary/aromatic N) is 5. The molecule has 1 aliphatic rings. The zero-order valence-corrected chi connectivity index (χ0v) is 16.1. The Balaban J connectivity index is 1.49. The molecule has 4 rings (SSSR count). The highest BCUT2D eigenvalue weighted by Gasteiger charge is 2.20. The SMILES string of the molecule is Nc1cc(-n2nnnc2C(=O)Nc2ccc(C(=O)N3CCCC3)cc2)ccc1Cl. The van der Waals surface area contributed by atoms with Crippen LogP contribution in [0.2, 0.25) is 5.02 Å². The summed E-state index contributed by atoms with van der Waals surface area (Å²) in [6.45, 7) is 1.57. The number of hydrogen-bond donors (Lipinski definition) is 2. The molecule has 2 amide bonds. The molecular weight excluding hydrogens is 394 g/mol. The van der Waals surface area contributed by atoms with Crippen molar-refractivity contribution in [2.45, 2.75) is 12.8 Å². The lowest BCUT2D eigenvalue weighted by atomic mass is 10.2. The number of nitrogens with one attached hydrogen (secondary N) is 1. The van der Waals surface area contributed by atoms with Crippen LogP contribution < -0.4 is 11.1 Å². The minimum Gasteiger partial charge on any atom is -0.397 e. The van der Waals surface area contributed by atoms with Crippen LogP contribution in [0.5, 0.6) is 0 Å². The second-order valence-electron chi connectivity index (χ2n) is 6.65. The maximum atomic E-state index is 12.6. The van der Waals surface area contributed by atoms with E-state index in [2.05, 4.69) is 20.8 Å². The van der Waals surface area contributed by atoms with Crippen LogP contribution in [0.1, 0.15) is 33.8 Å². The molecule has 148 valence electrons. The third kappa shape index (κ3) is 3.90. The fraction of sp³-hybridized carbons (Fsp3) is 0.211. The van der Waals surface area contributed by atoms with Gasteiger partial charge in [-0.15, -0.1) is 5.10 Å². The van der Waals surface area contributed by atoms with Gasteiger partial charge in [-0.25, -0.2) is 0 Å². The van der Waals surface area contributed by atoms with Crippen LogP contribution in [0.4, 0.5) is 11.4 Å². The molecule has 0 atom stereocenters. The molecule has 1 aliphatic heterocycles. The van der Waals surface area contributed by atoms with Crippen molar-refractivity contribution in [2.75, 3.05) is 24.1 Å². The second-order valence-corrected chi connectivity index (χ2v) is 7.06. The molecule has 1 fully saturated rings. The zero-order chi connectivity index (χ0) is 20.4. The number of halogens is 1. The van der Waals surface area contributed by atoms with Crippen molar-refractivity contribution in [3.05, 3.63) is 58.9 Å². The topological polar surface area (TPSA) is 119 Å². The highest BCUT2D eigenvalue weighted by molar-refractivity contribution is 6.33. The first-order chi connectivity index (χ1) is 14.0. The third-order valence-electron chi connectivity index (χ3n) is 4.68. The predicted octanol–water partition coefficient (Wildman–Crippen LogP) is 2.39. The van der Waals surface area contributed by atoms with E-state index in [-0.39, 0.29) is 11.7 Å². The Kier molecular flexibility index (Phi) is 5.13. The Morgan fingerprint density at radius 1 is 1.07 bits per heavy atom. The summed E-state index contributed by atoms with van der Waals surface area (Å²) in [6.07, 6.45) is 2.07. The van der Waals surface area contributed by atoms with Crippen LogP contribution in [0.15, 0.2) is 42.5 Å². The van der Waals surface area contributed by atoms with Crippen LogP contribution in [0.25, 0.3) is 5.69 Å². The van der Waals surface area contributed by atoms with Gasteiger partial charge in [-0.3, -0.25) is 9.59 Å². The van der Waals surface area contributed by atoms with Crippen molar-refractivity contribution in [1.82, 2.24) is 25.1 Å². The molecule has 0 saturated carbocycles. The van der Waals surface area contributed by atoms with Gasteiger partial charge in [-0.1, -0.05) is 11.6 Å². The van der Waals surface area contributed by atoms with E-state index in [4.69, 9.17) is 17.3 Å². The van der Waals surface area contributed by atoms with Gasteiger partial charge in [0, 0.05) is 24.3 Å². The second kappa shape index (κ2) is 7.88. The fourth-order valence-corrected chi connectivity index (χ4v) is 3.27. The normalized spacial score (nSPS) is 13.5. The average Bonchev–Trinajstić information content (AvgIpc) is 3.42. The number of likely N-dealkylation sites (tertiary alicyclic amines) is 1. The number of tetrazole rings is 1. The molecule has 0 unspecified atom stereocenters. The number of nitrogens with two attached hydrogens (primary N) is 1. The molecule has 0 radical (unpaired) electrons. The van der Waals surface area contributed by atoms with Gasteiger partial charge in [0.2, 0.25) is 5.82 Å². The van der Waals surface area contributed by atoms with Gasteiger partial charge in [0.05, 0.1) is 16.4 Å². The Labute approximate surface area is 171 Å². The highest BCUT2D eigenvalue weighted by Crippen LogP contribution is 2.22. The van der Waals surface area contributed by atoms with E-state index >= 15 is 0 Å². The molecule has 0 bridgehead atoms. The summed E-state index contributed by atoms with van der Waals surface area (Å²) in [4.78, 5) is 26.9. The minimum atomic E-state index is -0.498. The largest absolute Gasteiger partial charge is 0.397 e. The van der Waals surface area contributed by atoms with Gasteiger partial charge < -0.3 is 16.0 Å². The quantitative estimate of drug-likeness (QED) is 0.636. The monoisotopic (exact) mass is 411 g/mol. The molecule has 1 aromatic heterocycles. The van der Waals surface area contributed by atoms with E-state index in [1.165, 1.54) is 4.68 Å². The molecule has 0 spiro atoms. The number of hydrogen-bond acceptors (Lipinski definition) is 6. The zero-order valence-electron chi connectivity index (χ0n) is 15.4. The van der Waals surface area contributed by atoms with Gasteiger partial charge in [0.15, 0.2) is 0 Å². The molecule has 3 aromatic rings. The van der Waals surface area contributed by atoms with Crippen LogP contribution in [-0.4, -0.2) is 50.0 Å².